The quantitative estimate of drug-likeness (QED) is 0.856. The zero-order valence-electron chi connectivity index (χ0n) is 9.77. The number of hydrogen-bond donors (Lipinski definition) is 1. The van der Waals surface area contributed by atoms with Gasteiger partial charge in [0.1, 0.15) is 0 Å². The van der Waals surface area contributed by atoms with E-state index >= 15 is 0 Å². The highest BCUT2D eigenvalue weighted by atomic mass is 35.5. The van der Waals surface area contributed by atoms with Crippen LogP contribution in [0.25, 0.3) is 0 Å². The number of benzene rings is 1. The number of aromatic nitrogens is 2. The van der Waals surface area contributed by atoms with Crippen molar-refractivity contribution in [3.8, 4) is 0 Å². The number of nitrogens with one attached hydrogen (secondary N) is 1. The maximum atomic E-state index is 4.28. The summed E-state index contributed by atoms with van der Waals surface area (Å²) in [6.45, 7) is 2.06. The highest BCUT2D eigenvalue weighted by molar-refractivity contribution is 7.99. The number of aryl methyl sites for hydroxylation is 1. The van der Waals surface area contributed by atoms with Crippen LogP contribution in [0.3, 0.4) is 0 Å². The molecule has 0 fully saturated rings. The third-order valence-corrected chi connectivity index (χ3v) is 4.14. The van der Waals surface area contributed by atoms with Crippen LogP contribution in [0.2, 0.25) is 0 Å². The Balaban J connectivity index is 0.00000144. The van der Waals surface area contributed by atoms with Gasteiger partial charge in [0.05, 0.1) is 12.0 Å². The average Bonchev–Trinajstić information content (AvgIpc) is 2.73. The molecular formula is C12H15ClN2S2. The Bertz CT molecular complexity index is 454. The maximum Gasteiger partial charge on any atom is 0.0925 e. The Labute approximate surface area is 116 Å². The molecule has 0 spiro atoms. The van der Waals surface area contributed by atoms with Crippen molar-refractivity contribution in [2.45, 2.75) is 22.5 Å². The van der Waals surface area contributed by atoms with Crippen LogP contribution in [0, 0.1) is 6.92 Å². The van der Waals surface area contributed by atoms with Gasteiger partial charge in [-0.2, -0.15) is 0 Å². The van der Waals surface area contributed by atoms with Gasteiger partial charge in [-0.05, 0) is 37.4 Å². The largest absolute Gasteiger partial charge is 0.348 e. The van der Waals surface area contributed by atoms with Crippen LogP contribution in [0.1, 0.15) is 11.4 Å². The maximum absolute atomic E-state index is 4.28. The first kappa shape index (κ1) is 14.5. The SMILES string of the molecule is CSc1ccc(SCc2nc[nH]c2C)cc1.Cl. The molecule has 1 aromatic heterocycles. The van der Waals surface area contributed by atoms with E-state index in [4.69, 9.17) is 0 Å². The highest BCUT2D eigenvalue weighted by Gasteiger charge is 2.02. The van der Waals surface area contributed by atoms with Crippen molar-refractivity contribution in [2.75, 3.05) is 6.26 Å². The van der Waals surface area contributed by atoms with E-state index < -0.39 is 0 Å². The third-order valence-electron chi connectivity index (χ3n) is 2.37. The molecule has 1 aromatic carbocycles. The molecule has 0 unspecified atom stereocenters. The van der Waals surface area contributed by atoms with E-state index in [2.05, 4.69) is 47.4 Å². The van der Waals surface area contributed by atoms with Crippen molar-refractivity contribution < 1.29 is 0 Å². The predicted molar refractivity (Wildman–Crippen MR) is 78.4 cm³/mol. The van der Waals surface area contributed by atoms with Crippen LogP contribution in [0.15, 0.2) is 40.4 Å². The normalized spacial score (nSPS) is 10.0. The molecule has 0 atom stereocenters. The standard InChI is InChI=1S/C12H14N2S2.ClH/c1-9-12(14-8-13-9)7-16-11-5-3-10(15-2)4-6-11;/h3-6,8H,7H2,1-2H3,(H,13,14);1H. The summed E-state index contributed by atoms with van der Waals surface area (Å²) in [6.07, 6.45) is 3.84. The molecule has 2 aromatic rings. The number of hydrogen-bond acceptors (Lipinski definition) is 3. The lowest BCUT2D eigenvalue weighted by molar-refractivity contribution is 1.19. The van der Waals surface area contributed by atoms with Crippen LogP contribution in [0.5, 0.6) is 0 Å². The second-order valence-electron chi connectivity index (χ2n) is 3.44. The smallest absolute Gasteiger partial charge is 0.0925 e. The van der Waals surface area contributed by atoms with Crippen LogP contribution >= 0.6 is 35.9 Å². The molecule has 2 rings (SSSR count). The molecule has 0 aliphatic rings. The minimum absolute atomic E-state index is 0. The molecule has 2 nitrogen and oxygen atoms in total. The van der Waals surface area contributed by atoms with Gasteiger partial charge in [-0.15, -0.1) is 35.9 Å². The summed E-state index contributed by atoms with van der Waals surface area (Å²) in [5.74, 6) is 0.925. The summed E-state index contributed by atoms with van der Waals surface area (Å²) in [5, 5.41) is 0. The van der Waals surface area contributed by atoms with Crippen LogP contribution in [-0.2, 0) is 5.75 Å². The number of rotatable bonds is 4. The molecule has 1 N–H and O–H groups in total. The molecule has 0 amide bonds. The lowest BCUT2D eigenvalue weighted by atomic mass is 10.4. The molecule has 0 saturated carbocycles. The van der Waals surface area contributed by atoms with Gasteiger partial charge in [0, 0.05) is 21.2 Å². The molecule has 0 radical (unpaired) electrons. The Morgan fingerprint density at radius 2 is 1.82 bits per heavy atom. The monoisotopic (exact) mass is 286 g/mol. The van der Waals surface area contributed by atoms with Gasteiger partial charge in [-0.3, -0.25) is 0 Å². The van der Waals surface area contributed by atoms with Crippen molar-refractivity contribution in [3.05, 3.63) is 42.0 Å². The van der Waals surface area contributed by atoms with Gasteiger partial charge in [-0.1, -0.05) is 0 Å². The molecule has 0 aliphatic carbocycles. The second-order valence-corrected chi connectivity index (χ2v) is 5.37. The van der Waals surface area contributed by atoms with Crippen LogP contribution in [0.4, 0.5) is 0 Å². The van der Waals surface area contributed by atoms with Gasteiger partial charge >= 0.3 is 0 Å². The van der Waals surface area contributed by atoms with Crippen molar-refractivity contribution >= 4 is 35.9 Å². The molecule has 17 heavy (non-hydrogen) atoms. The number of nitrogens with zero attached hydrogens (tertiary/aromatic N) is 1. The van der Waals surface area contributed by atoms with E-state index in [1.807, 2.05) is 11.8 Å². The first-order chi connectivity index (χ1) is 7.79. The minimum atomic E-state index is 0. The zero-order valence-corrected chi connectivity index (χ0v) is 12.2. The van der Waals surface area contributed by atoms with Gasteiger partial charge in [0.25, 0.3) is 0 Å². The van der Waals surface area contributed by atoms with E-state index in [0.29, 0.717) is 0 Å². The first-order valence-electron chi connectivity index (χ1n) is 5.05. The lowest BCUT2D eigenvalue weighted by Crippen LogP contribution is -1.84. The summed E-state index contributed by atoms with van der Waals surface area (Å²) < 4.78 is 0. The van der Waals surface area contributed by atoms with Gasteiger partial charge in [0.15, 0.2) is 0 Å². The summed E-state index contributed by atoms with van der Waals surface area (Å²) >= 11 is 3.59. The fourth-order valence-electron chi connectivity index (χ4n) is 1.36. The molecule has 92 valence electrons. The zero-order chi connectivity index (χ0) is 11.4. The van der Waals surface area contributed by atoms with Gasteiger partial charge in [-0.25, -0.2) is 4.98 Å². The number of thioether (sulfide) groups is 2. The van der Waals surface area contributed by atoms with E-state index in [9.17, 15) is 0 Å². The summed E-state index contributed by atoms with van der Waals surface area (Å²) in [4.78, 5) is 9.98. The molecular weight excluding hydrogens is 272 g/mol. The number of H-pyrrole nitrogens is 1. The van der Waals surface area contributed by atoms with Crippen LogP contribution in [-0.4, -0.2) is 16.2 Å². The Morgan fingerprint density at radius 1 is 1.18 bits per heavy atom. The fraction of sp³-hybridized carbons (Fsp3) is 0.250. The van der Waals surface area contributed by atoms with E-state index in [-0.39, 0.29) is 12.4 Å². The van der Waals surface area contributed by atoms with Crippen molar-refractivity contribution in [1.82, 2.24) is 9.97 Å². The topological polar surface area (TPSA) is 28.7 Å². The summed E-state index contributed by atoms with van der Waals surface area (Å²) in [6, 6.07) is 8.64. The molecule has 0 bridgehead atoms. The molecule has 1 heterocycles. The number of imidazole rings is 1. The molecule has 0 saturated heterocycles. The van der Waals surface area contributed by atoms with Crippen LogP contribution < -0.4 is 0 Å². The van der Waals surface area contributed by atoms with Gasteiger partial charge < -0.3 is 4.98 Å². The third kappa shape index (κ3) is 3.98. The molecule has 0 aliphatic heterocycles. The van der Waals surface area contributed by atoms with Gasteiger partial charge in [0.2, 0.25) is 0 Å². The second kappa shape index (κ2) is 6.99. The Kier molecular flexibility index (Phi) is 5.95. The first-order valence-corrected chi connectivity index (χ1v) is 7.26. The highest BCUT2D eigenvalue weighted by Crippen LogP contribution is 2.25. The average molecular weight is 287 g/mol. The van der Waals surface area contributed by atoms with E-state index in [1.54, 1.807) is 18.1 Å². The number of aromatic amines is 1. The molecule has 5 heteroatoms. The van der Waals surface area contributed by atoms with Crippen molar-refractivity contribution in [1.29, 1.82) is 0 Å². The van der Waals surface area contributed by atoms with E-state index in [1.165, 1.54) is 9.79 Å². The Hall–Kier alpha value is -0.580. The fourth-order valence-corrected chi connectivity index (χ4v) is 2.69. The minimum Gasteiger partial charge on any atom is -0.348 e. The van der Waals surface area contributed by atoms with E-state index in [0.717, 1.165) is 17.1 Å². The lowest BCUT2D eigenvalue weighted by Gasteiger charge is -2.01. The summed E-state index contributed by atoms with van der Waals surface area (Å²) in [7, 11) is 0. The Morgan fingerprint density at radius 3 is 2.35 bits per heavy atom. The van der Waals surface area contributed by atoms with Crippen molar-refractivity contribution in [2.24, 2.45) is 0 Å². The summed E-state index contributed by atoms with van der Waals surface area (Å²) in [5.41, 5.74) is 2.30. The number of halogens is 1. The predicted octanol–water partition coefficient (Wildman–Crippen LogP) is 4.15. The van der Waals surface area contributed by atoms with Crippen molar-refractivity contribution in [3.63, 3.8) is 0 Å².